The number of fused-ring (bicyclic) bond motifs is 4. The van der Waals surface area contributed by atoms with E-state index in [0.717, 1.165) is 39.6 Å². The lowest BCUT2D eigenvalue weighted by Gasteiger charge is -2.15. The molecule has 0 bridgehead atoms. The molecule has 118 valence electrons. The van der Waals surface area contributed by atoms with Crippen LogP contribution in [0.4, 0.5) is 4.39 Å². The summed E-state index contributed by atoms with van der Waals surface area (Å²) in [4.78, 5) is 12.2. The van der Waals surface area contributed by atoms with Crippen LogP contribution in [0.15, 0.2) is 42.5 Å². The average Bonchev–Trinajstić information content (AvgIpc) is 3.21. The van der Waals surface area contributed by atoms with Gasteiger partial charge in [-0.3, -0.25) is 4.79 Å². The van der Waals surface area contributed by atoms with E-state index in [1.54, 1.807) is 12.1 Å². The van der Waals surface area contributed by atoms with Gasteiger partial charge in [-0.15, -0.1) is 0 Å². The maximum atomic E-state index is 13.4. The first-order valence-electron chi connectivity index (χ1n) is 8.01. The zero-order valence-corrected chi connectivity index (χ0v) is 12.9. The molecule has 0 fully saturated rings. The summed E-state index contributed by atoms with van der Waals surface area (Å²) in [5, 5.41) is 4.89. The standard InChI is InChI=1S/C20H14FNO2/c21-14-5-3-11(4-6-14)17-16-10-22-20(23)15(16)9-13-2-1-12-7-8-24-19(12)18(13)17/h1-6,9H,7-8,10H2,(H,22,23). The fourth-order valence-electron chi connectivity index (χ4n) is 3.76. The molecule has 0 atom stereocenters. The van der Waals surface area contributed by atoms with Gasteiger partial charge in [-0.05, 0) is 45.8 Å². The molecule has 3 nitrogen and oxygen atoms in total. The summed E-state index contributed by atoms with van der Waals surface area (Å²) in [6.45, 7) is 1.16. The molecule has 0 spiro atoms. The van der Waals surface area contributed by atoms with Crippen molar-refractivity contribution in [2.75, 3.05) is 6.61 Å². The lowest BCUT2D eigenvalue weighted by molar-refractivity contribution is 0.0966. The van der Waals surface area contributed by atoms with Crippen molar-refractivity contribution in [3.05, 3.63) is 65.0 Å². The Kier molecular flexibility index (Phi) is 2.71. The molecule has 4 heteroatoms. The van der Waals surface area contributed by atoms with Gasteiger partial charge < -0.3 is 10.1 Å². The van der Waals surface area contributed by atoms with Crippen molar-refractivity contribution in [3.63, 3.8) is 0 Å². The third-order valence-corrected chi connectivity index (χ3v) is 4.87. The summed E-state index contributed by atoms with van der Waals surface area (Å²) in [6, 6.07) is 12.5. The van der Waals surface area contributed by atoms with E-state index in [0.29, 0.717) is 18.7 Å². The number of hydrogen-bond acceptors (Lipinski definition) is 2. The summed E-state index contributed by atoms with van der Waals surface area (Å²) in [5.74, 6) is 0.567. The molecule has 0 aliphatic carbocycles. The van der Waals surface area contributed by atoms with Crippen LogP contribution in [-0.2, 0) is 13.0 Å². The third kappa shape index (κ3) is 1.80. The molecule has 3 aromatic carbocycles. The zero-order chi connectivity index (χ0) is 16.3. The highest BCUT2D eigenvalue weighted by Gasteiger charge is 2.28. The van der Waals surface area contributed by atoms with E-state index in [1.807, 2.05) is 12.1 Å². The second-order valence-corrected chi connectivity index (χ2v) is 6.22. The Labute approximate surface area is 138 Å². The quantitative estimate of drug-likeness (QED) is 0.740. The molecule has 24 heavy (non-hydrogen) atoms. The molecule has 1 N–H and O–H groups in total. The molecule has 1 amide bonds. The number of hydrogen-bond donors (Lipinski definition) is 1. The van der Waals surface area contributed by atoms with Crippen LogP contribution in [-0.4, -0.2) is 12.5 Å². The maximum absolute atomic E-state index is 13.4. The number of carbonyl (C=O) groups is 1. The van der Waals surface area contributed by atoms with Crippen LogP contribution in [0.3, 0.4) is 0 Å². The van der Waals surface area contributed by atoms with Crippen LogP contribution in [0.25, 0.3) is 21.9 Å². The normalized spacial score (nSPS) is 15.1. The molecule has 0 saturated carbocycles. The van der Waals surface area contributed by atoms with Gasteiger partial charge in [0.2, 0.25) is 0 Å². The molecule has 0 saturated heterocycles. The second-order valence-electron chi connectivity index (χ2n) is 6.22. The van der Waals surface area contributed by atoms with E-state index in [4.69, 9.17) is 4.74 Å². The lowest BCUT2D eigenvalue weighted by atomic mass is 9.89. The third-order valence-electron chi connectivity index (χ3n) is 4.87. The van der Waals surface area contributed by atoms with Crippen molar-refractivity contribution in [2.45, 2.75) is 13.0 Å². The van der Waals surface area contributed by atoms with Gasteiger partial charge in [0, 0.05) is 23.9 Å². The molecule has 5 rings (SSSR count). The Bertz CT molecular complexity index is 1010. The Balaban J connectivity index is 1.93. The zero-order valence-electron chi connectivity index (χ0n) is 12.9. The van der Waals surface area contributed by atoms with Crippen LogP contribution in [0, 0.1) is 5.82 Å². The highest BCUT2D eigenvalue weighted by Crippen LogP contribution is 2.44. The van der Waals surface area contributed by atoms with E-state index in [2.05, 4.69) is 11.4 Å². The summed E-state index contributed by atoms with van der Waals surface area (Å²) in [7, 11) is 0. The van der Waals surface area contributed by atoms with Gasteiger partial charge in [0.25, 0.3) is 5.91 Å². The number of nitrogens with one attached hydrogen (secondary N) is 1. The van der Waals surface area contributed by atoms with Crippen LogP contribution in [0.1, 0.15) is 21.5 Å². The van der Waals surface area contributed by atoms with Gasteiger partial charge in [-0.25, -0.2) is 4.39 Å². The second kappa shape index (κ2) is 4.81. The van der Waals surface area contributed by atoms with Crippen LogP contribution >= 0.6 is 0 Å². The smallest absolute Gasteiger partial charge is 0.251 e. The summed E-state index contributed by atoms with van der Waals surface area (Å²) < 4.78 is 19.3. The van der Waals surface area contributed by atoms with Crippen molar-refractivity contribution in [1.29, 1.82) is 0 Å². The van der Waals surface area contributed by atoms with Crippen LogP contribution in [0.5, 0.6) is 5.75 Å². The molecular formula is C20H14FNO2. The largest absolute Gasteiger partial charge is 0.492 e. The van der Waals surface area contributed by atoms with Gasteiger partial charge in [0.15, 0.2) is 0 Å². The van der Waals surface area contributed by atoms with Crippen molar-refractivity contribution in [2.24, 2.45) is 0 Å². The first-order valence-corrected chi connectivity index (χ1v) is 8.01. The van der Waals surface area contributed by atoms with Crippen LogP contribution < -0.4 is 10.1 Å². The Morgan fingerprint density at radius 1 is 1.08 bits per heavy atom. The minimum atomic E-state index is -0.272. The topological polar surface area (TPSA) is 38.3 Å². The monoisotopic (exact) mass is 319 g/mol. The Morgan fingerprint density at radius 3 is 2.75 bits per heavy atom. The number of rotatable bonds is 1. The van der Waals surface area contributed by atoms with E-state index >= 15 is 0 Å². The maximum Gasteiger partial charge on any atom is 0.251 e. The number of benzene rings is 3. The Morgan fingerprint density at radius 2 is 1.92 bits per heavy atom. The van der Waals surface area contributed by atoms with E-state index < -0.39 is 0 Å². The van der Waals surface area contributed by atoms with Gasteiger partial charge >= 0.3 is 0 Å². The van der Waals surface area contributed by atoms with Gasteiger partial charge in [0.05, 0.1) is 6.61 Å². The fourth-order valence-corrected chi connectivity index (χ4v) is 3.76. The number of carbonyl (C=O) groups excluding carboxylic acids is 1. The average molecular weight is 319 g/mol. The molecular weight excluding hydrogens is 305 g/mol. The number of amides is 1. The summed E-state index contributed by atoms with van der Waals surface area (Å²) in [5.41, 5.74) is 4.71. The van der Waals surface area contributed by atoms with Crippen molar-refractivity contribution in [3.8, 4) is 16.9 Å². The first kappa shape index (κ1) is 13.5. The SMILES string of the molecule is O=C1NCc2c1cc1ccc3c(c1c2-c1ccc(F)cc1)OCC3. The highest BCUT2D eigenvalue weighted by molar-refractivity contribution is 6.11. The number of ether oxygens (including phenoxy) is 1. The minimum Gasteiger partial charge on any atom is -0.492 e. The van der Waals surface area contributed by atoms with E-state index in [9.17, 15) is 9.18 Å². The number of halogens is 1. The lowest BCUT2D eigenvalue weighted by Crippen LogP contribution is -2.12. The van der Waals surface area contributed by atoms with Crippen molar-refractivity contribution >= 4 is 16.7 Å². The summed E-state index contributed by atoms with van der Waals surface area (Å²) >= 11 is 0. The van der Waals surface area contributed by atoms with Gasteiger partial charge in [-0.1, -0.05) is 24.3 Å². The molecule has 0 unspecified atom stereocenters. The molecule has 2 aliphatic heterocycles. The molecule has 0 radical (unpaired) electrons. The van der Waals surface area contributed by atoms with E-state index in [-0.39, 0.29) is 11.7 Å². The molecule has 2 heterocycles. The predicted molar refractivity (Wildman–Crippen MR) is 89.7 cm³/mol. The van der Waals surface area contributed by atoms with Gasteiger partial charge in [-0.2, -0.15) is 0 Å². The summed E-state index contributed by atoms with van der Waals surface area (Å²) in [6.07, 6.45) is 0.891. The fraction of sp³-hybridized carbons (Fsp3) is 0.150. The minimum absolute atomic E-state index is 0.0586. The first-order chi connectivity index (χ1) is 11.7. The van der Waals surface area contributed by atoms with E-state index in [1.165, 1.54) is 17.7 Å². The Hall–Kier alpha value is -2.88. The van der Waals surface area contributed by atoms with Crippen LogP contribution in [0.2, 0.25) is 0 Å². The molecule has 0 aromatic heterocycles. The predicted octanol–water partition coefficient (Wildman–Crippen LogP) is 3.82. The van der Waals surface area contributed by atoms with Crippen molar-refractivity contribution in [1.82, 2.24) is 5.32 Å². The molecule has 3 aromatic rings. The van der Waals surface area contributed by atoms with Gasteiger partial charge in [0.1, 0.15) is 11.6 Å². The van der Waals surface area contributed by atoms with Crippen molar-refractivity contribution < 1.29 is 13.9 Å². The molecule has 2 aliphatic rings. The highest BCUT2D eigenvalue weighted by atomic mass is 19.1.